The average molecular weight is 249 g/mol. The molecule has 0 saturated heterocycles. The molecule has 1 heterocycles. The fourth-order valence-corrected chi connectivity index (χ4v) is 2.77. The van der Waals surface area contributed by atoms with E-state index in [0.29, 0.717) is 16.6 Å². The van der Waals surface area contributed by atoms with Crippen LogP contribution >= 0.6 is 22.9 Å². The van der Waals surface area contributed by atoms with Crippen LogP contribution in [0.4, 0.5) is 10.7 Å². The molecule has 0 unspecified atom stereocenters. The SMILES string of the molecule is [C-]#[N+]c1c(N)sc(CCl)c1-c1ccccc1. The highest BCUT2D eigenvalue weighted by molar-refractivity contribution is 7.17. The molecule has 80 valence electrons. The van der Waals surface area contributed by atoms with Crippen molar-refractivity contribution in [1.29, 1.82) is 0 Å². The van der Waals surface area contributed by atoms with Crippen molar-refractivity contribution in [2.75, 3.05) is 5.73 Å². The molecule has 0 aliphatic heterocycles. The van der Waals surface area contributed by atoms with Gasteiger partial charge < -0.3 is 5.73 Å². The molecule has 4 heteroatoms. The van der Waals surface area contributed by atoms with E-state index in [0.717, 1.165) is 16.0 Å². The van der Waals surface area contributed by atoms with Crippen LogP contribution in [0.2, 0.25) is 0 Å². The van der Waals surface area contributed by atoms with Gasteiger partial charge in [-0.2, -0.15) is 0 Å². The normalized spacial score (nSPS) is 10.0. The van der Waals surface area contributed by atoms with E-state index in [1.807, 2.05) is 30.3 Å². The Hall–Kier alpha value is -1.50. The van der Waals surface area contributed by atoms with E-state index in [9.17, 15) is 0 Å². The Morgan fingerprint density at radius 2 is 2.00 bits per heavy atom. The maximum absolute atomic E-state index is 7.17. The highest BCUT2D eigenvalue weighted by Crippen LogP contribution is 2.45. The highest BCUT2D eigenvalue weighted by Gasteiger charge is 2.16. The lowest BCUT2D eigenvalue weighted by Crippen LogP contribution is -1.80. The first-order valence-electron chi connectivity index (χ1n) is 4.68. The van der Waals surface area contributed by atoms with Crippen molar-refractivity contribution in [3.05, 3.63) is 46.6 Å². The monoisotopic (exact) mass is 248 g/mol. The summed E-state index contributed by atoms with van der Waals surface area (Å²) in [7, 11) is 0. The van der Waals surface area contributed by atoms with Gasteiger partial charge in [0, 0.05) is 10.4 Å². The molecule has 0 atom stereocenters. The number of rotatable bonds is 2. The molecule has 2 rings (SSSR count). The lowest BCUT2D eigenvalue weighted by Gasteiger charge is -2.02. The Morgan fingerprint density at radius 1 is 1.31 bits per heavy atom. The van der Waals surface area contributed by atoms with Gasteiger partial charge in [0.1, 0.15) is 0 Å². The van der Waals surface area contributed by atoms with E-state index in [-0.39, 0.29) is 0 Å². The number of anilines is 1. The van der Waals surface area contributed by atoms with Crippen molar-refractivity contribution in [3.63, 3.8) is 0 Å². The number of thiophene rings is 1. The predicted molar refractivity (Wildman–Crippen MR) is 70.0 cm³/mol. The van der Waals surface area contributed by atoms with Gasteiger partial charge in [0.15, 0.2) is 0 Å². The van der Waals surface area contributed by atoms with Gasteiger partial charge in [0.25, 0.3) is 0 Å². The van der Waals surface area contributed by atoms with Crippen LogP contribution in [-0.2, 0) is 5.88 Å². The Balaban J connectivity index is 2.68. The van der Waals surface area contributed by atoms with Crippen LogP contribution in [0.25, 0.3) is 16.0 Å². The van der Waals surface area contributed by atoms with Crippen LogP contribution in [-0.4, -0.2) is 0 Å². The van der Waals surface area contributed by atoms with Gasteiger partial charge in [-0.3, -0.25) is 0 Å². The smallest absolute Gasteiger partial charge is 0.228 e. The van der Waals surface area contributed by atoms with E-state index in [1.165, 1.54) is 11.3 Å². The second kappa shape index (κ2) is 4.56. The Labute approximate surface area is 103 Å². The van der Waals surface area contributed by atoms with Crippen molar-refractivity contribution in [2.45, 2.75) is 5.88 Å². The molecule has 0 spiro atoms. The van der Waals surface area contributed by atoms with Crippen LogP contribution in [0.1, 0.15) is 4.88 Å². The summed E-state index contributed by atoms with van der Waals surface area (Å²) in [5.74, 6) is 0.384. The zero-order chi connectivity index (χ0) is 11.5. The molecule has 0 saturated carbocycles. The minimum atomic E-state index is 0.384. The third-order valence-corrected chi connectivity index (χ3v) is 3.71. The Bertz CT molecular complexity index is 540. The fraction of sp³-hybridized carbons (Fsp3) is 0.0833. The second-order valence-electron chi connectivity index (χ2n) is 3.22. The van der Waals surface area contributed by atoms with Gasteiger partial charge in [0.05, 0.1) is 17.5 Å². The number of nitrogens with two attached hydrogens (primary N) is 1. The number of halogens is 1. The first kappa shape index (κ1) is 11.0. The molecule has 0 aliphatic carbocycles. The first-order chi connectivity index (χ1) is 7.77. The number of nitrogen functional groups attached to an aromatic ring is 1. The number of nitrogens with zero attached hydrogens (tertiary/aromatic N) is 1. The zero-order valence-corrected chi connectivity index (χ0v) is 9.98. The van der Waals surface area contributed by atoms with Crippen LogP contribution in [0.5, 0.6) is 0 Å². The average Bonchev–Trinajstić information content (AvgIpc) is 2.66. The van der Waals surface area contributed by atoms with Crippen molar-refractivity contribution in [3.8, 4) is 11.1 Å². The molecule has 16 heavy (non-hydrogen) atoms. The third-order valence-electron chi connectivity index (χ3n) is 2.28. The number of alkyl halides is 1. The summed E-state index contributed by atoms with van der Waals surface area (Å²) in [5, 5.41) is 0.546. The predicted octanol–water partition coefficient (Wildman–Crippen LogP) is 4.29. The molecule has 0 amide bonds. The molecule has 2 N–H and O–H groups in total. The molecular weight excluding hydrogens is 240 g/mol. The standard InChI is InChI=1S/C12H9ClN2S/c1-15-11-10(8-5-3-2-4-6-8)9(7-13)16-12(11)14/h2-6H,7,14H2. The van der Waals surface area contributed by atoms with E-state index in [2.05, 4.69) is 4.85 Å². The Kier molecular flexibility index (Phi) is 3.14. The van der Waals surface area contributed by atoms with Crippen LogP contribution in [0.15, 0.2) is 30.3 Å². The quantitative estimate of drug-likeness (QED) is 0.624. The summed E-state index contributed by atoms with van der Waals surface area (Å²) < 4.78 is 0. The summed E-state index contributed by atoms with van der Waals surface area (Å²) in [6.45, 7) is 7.17. The molecule has 1 aromatic carbocycles. The second-order valence-corrected chi connectivity index (χ2v) is 4.63. The van der Waals surface area contributed by atoms with E-state index >= 15 is 0 Å². The van der Waals surface area contributed by atoms with Crippen molar-refractivity contribution in [1.82, 2.24) is 0 Å². The summed E-state index contributed by atoms with van der Waals surface area (Å²) >= 11 is 7.27. The van der Waals surface area contributed by atoms with E-state index < -0.39 is 0 Å². The van der Waals surface area contributed by atoms with Crippen LogP contribution < -0.4 is 5.73 Å². The topological polar surface area (TPSA) is 30.4 Å². The van der Waals surface area contributed by atoms with Gasteiger partial charge in [-0.25, -0.2) is 4.85 Å². The number of hydrogen-bond acceptors (Lipinski definition) is 2. The molecule has 0 radical (unpaired) electrons. The molecule has 0 aliphatic rings. The molecule has 0 fully saturated rings. The van der Waals surface area contributed by atoms with Crippen LogP contribution in [0, 0.1) is 6.57 Å². The molecule has 0 bridgehead atoms. The number of hydrogen-bond donors (Lipinski definition) is 1. The summed E-state index contributed by atoms with van der Waals surface area (Å²) in [6.07, 6.45) is 0. The van der Waals surface area contributed by atoms with Crippen molar-refractivity contribution >= 4 is 33.6 Å². The molecule has 1 aromatic heterocycles. The third kappa shape index (κ3) is 1.78. The van der Waals surface area contributed by atoms with Gasteiger partial charge in [-0.05, 0) is 5.56 Å². The molecule has 2 nitrogen and oxygen atoms in total. The van der Waals surface area contributed by atoms with Crippen molar-refractivity contribution < 1.29 is 0 Å². The minimum absolute atomic E-state index is 0.384. The first-order valence-corrected chi connectivity index (χ1v) is 6.03. The highest BCUT2D eigenvalue weighted by atomic mass is 35.5. The number of benzene rings is 1. The largest absolute Gasteiger partial charge is 0.399 e. The van der Waals surface area contributed by atoms with Crippen molar-refractivity contribution in [2.24, 2.45) is 0 Å². The van der Waals surface area contributed by atoms with Gasteiger partial charge in [0.2, 0.25) is 5.69 Å². The van der Waals surface area contributed by atoms with Gasteiger partial charge >= 0.3 is 0 Å². The zero-order valence-electron chi connectivity index (χ0n) is 8.40. The lowest BCUT2D eigenvalue weighted by atomic mass is 10.1. The molecule has 2 aromatic rings. The molecular formula is C12H9ClN2S. The van der Waals surface area contributed by atoms with Gasteiger partial charge in [-0.15, -0.1) is 22.9 Å². The van der Waals surface area contributed by atoms with Gasteiger partial charge in [-0.1, -0.05) is 30.3 Å². The maximum atomic E-state index is 7.17. The lowest BCUT2D eigenvalue weighted by molar-refractivity contribution is 1.51. The summed E-state index contributed by atoms with van der Waals surface area (Å²) in [6, 6.07) is 9.75. The summed E-state index contributed by atoms with van der Waals surface area (Å²) in [4.78, 5) is 4.45. The minimum Gasteiger partial charge on any atom is -0.399 e. The Morgan fingerprint density at radius 3 is 2.56 bits per heavy atom. The van der Waals surface area contributed by atoms with E-state index in [1.54, 1.807) is 0 Å². The maximum Gasteiger partial charge on any atom is 0.228 e. The fourth-order valence-electron chi connectivity index (χ4n) is 1.59. The summed E-state index contributed by atoms with van der Waals surface area (Å²) in [5.41, 5.74) is 8.21. The van der Waals surface area contributed by atoms with Crippen LogP contribution in [0.3, 0.4) is 0 Å². The van der Waals surface area contributed by atoms with E-state index in [4.69, 9.17) is 23.9 Å².